The van der Waals surface area contributed by atoms with Crippen LogP contribution in [0.1, 0.15) is 19.8 Å². The van der Waals surface area contributed by atoms with Crippen molar-refractivity contribution in [2.75, 3.05) is 26.7 Å². The van der Waals surface area contributed by atoms with Crippen LogP contribution in [0.4, 0.5) is 0 Å². The summed E-state index contributed by atoms with van der Waals surface area (Å²) in [7, 11) is 1.96. The summed E-state index contributed by atoms with van der Waals surface area (Å²) in [5, 5.41) is 12.0. The first-order chi connectivity index (χ1) is 6.65. The van der Waals surface area contributed by atoms with Gasteiger partial charge in [0.25, 0.3) is 0 Å². The van der Waals surface area contributed by atoms with Crippen molar-refractivity contribution in [3.63, 3.8) is 0 Å². The van der Waals surface area contributed by atoms with E-state index < -0.39 is 5.97 Å². The van der Waals surface area contributed by atoms with E-state index in [1.54, 1.807) is 6.92 Å². The topological polar surface area (TPSA) is 52.6 Å². The standard InChI is InChI=1S/C10H20N2O2/c1-8(10(13)14)12-5-3-9(4-6-12)7-11-2/h8-9,11H,3-7H2,1-2H3,(H,13,14). The molecule has 0 aliphatic carbocycles. The molecule has 1 aliphatic rings. The fraction of sp³-hybridized carbons (Fsp3) is 0.900. The van der Waals surface area contributed by atoms with E-state index in [2.05, 4.69) is 10.2 Å². The third-order valence-electron chi connectivity index (χ3n) is 3.05. The maximum atomic E-state index is 10.8. The molecule has 0 radical (unpaired) electrons. The van der Waals surface area contributed by atoms with Gasteiger partial charge >= 0.3 is 5.97 Å². The molecule has 1 rings (SSSR count). The van der Waals surface area contributed by atoms with Gasteiger partial charge in [-0.15, -0.1) is 0 Å². The largest absolute Gasteiger partial charge is 0.480 e. The zero-order chi connectivity index (χ0) is 10.6. The van der Waals surface area contributed by atoms with E-state index >= 15 is 0 Å². The van der Waals surface area contributed by atoms with Gasteiger partial charge in [-0.3, -0.25) is 9.69 Å². The van der Waals surface area contributed by atoms with Gasteiger partial charge in [0.15, 0.2) is 0 Å². The zero-order valence-electron chi connectivity index (χ0n) is 8.99. The molecular formula is C10H20N2O2. The second kappa shape index (κ2) is 5.32. The summed E-state index contributed by atoms with van der Waals surface area (Å²) in [4.78, 5) is 12.8. The van der Waals surface area contributed by atoms with Crippen molar-refractivity contribution < 1.29 is 9.90 Å². The van der Waals surface area contributed by atoms with Gasteiger partial charge in [-0.05, 0) is 52.4 Å². The van der Waals surface area contributed by atoms with Gasteiger partial charge < -0.3 is 10.4 Å². The Morgan fingerprint density at radius 3 is 2.57 bits per heavy atom. The molecular weight excluding hydrogens is 180 g/mol. The van der Waals surface area contributed by atoms with Crippen molar-refractivity contribution in [3.8, 4) is 0 Å². The molecule has 1 aliphatic heterocycles. The van der Waals surface area contributed by atoms with E-state index in [9.17, 15) is 4.79 Å². The average Bonchev–Trinajstić information content (AvgIpc) is 2.18. The lowest BCUT2D eigenvalue weighted by Crippen LogP contribution is -2.45. The predicted molar refractivity (Wildman–Crippen MR) is 55.3 cm³/mol. The van der Waals surface area contributed by atoms with Crippen LogP contribution in [0, 0.1) is 5.92 Å². The molecule has 0 bridgehead atoms. The van der Waals surface area contributed by atoms with Crippen LogP contribution in [0.15, 0.2) is 0 Å². The molecule has 82 valence electrons. The molecule has 14 heavy (non-hydrogen) atoms. The number of nitrogens with zero attached hydrogens (tertiary/aromatic N) is 1. The molecule has 1 heterocycles. The summed E-state index contributed by atoms with van der Waals surface area (Å²) in [6.45, 7) is 4.65. The first-order valence-electron chi connectivity index (χ1n) is 5.26. The second-order valence-electron chi connectivity index (χ2n) is 4.05. The Morgan fingerprint density at radius 2 is 2.14 bits per heavy atom. The van der Waals surface area contributed by atoms with Gasteiger partial charge in [0.1, 0.15) is 6.04 Å². The Bertz CT molecular complexity index is 189. The van der Waals surface area contributed by atoms with Gasteiger partial charge in [-0.2, -0.15) is 0 Å². The Kier molecular flexibility index (Phi) is 4.35. The van der Waals surface area contributed by atoms with Gasteiger partial charge in [-0.25, -0.2) is 0 Å². The monoisotopic (exact) mass is 200 g/mol. The number of carboxylic acids is 1. The highest BCUT2D eigenvalue weighted by molar-refractivity contribution is 5.72. The van der Waals surface area contributed by atoms with Crippen molar-refractivity contribution in [1.29, 1.82) is 0 Å². The van der Waals surface area contributed by atoms with Crippen molar-refractivity contribution in [2.45, 2.75) is 25.8 Å². The van der Waals surface area contributed by atoms with Crippen molar-refractivity contribution in [3.05, 3.63) is 0 Å². The number of likely N-dealkylation sites (tertiary alicyclic amines) is 1. The number of carboxylic acid groups (broad SMARTS) is 1. The minimum Gasteiger partial charge on any atom is -0.480 e. The molecule has 0 spiro atoms. The Hall–Kier alpha value is -0.610. The van der Waals surface area contributed by atoms with Crippen LogP contribution in [-0.4, -0.2) is 48.7 Å². The lowest BCUT2D eigenvalue weighted by molar-refractivity contribution is -0.143. The molecule has 4 heteroatoms. The van der Waals surface area contributed by atoms with E-state index in [1.165, 1.54) is 0 Å². The fourth-order valence-corrected chi connectivity index (χ4v) is 1.99. The molecule has 0 saturated carbocycles. The SMILES string of the molecule is CNCC1CCN(C(C)C(=O)O)CC1. The molecule has 0 amide bonds. The summed E-state index contributed by atoms with van der Waals surface area (Å²) >= 11 is 0. The van der Waals surface area contributed by atoms with E-state index in [0.717, 1.165) is 38.4 Å². The highest BCUT2D eigenvalue weighted by atomic mass is 16.4. The average molecular weight is 200 g/mol. The number of hydrogen-bond donors (Lipinski definition) is 2. The summed E-state index contributed by atoms with van der Waals surface area (Å²) in [6, 6.07) is -0.328. The van der Waals surface area contributed by atoms with Gasteiger partial charge in [0, 0.05) is 0 Å². The van der Waals surface area contributed by atoms with E-state index in [4.69, 9.17) is 5.11 Å². The van der Waals surface area contributed by atoms with Crippen molar-refractivity contribution >= 4 is 5.97 Å². The molecule has 0 aromatic heterocycles. The van der Waals surface area contributed by atoms with Gasteiger partial charge in [-0.1, -0.05) is 0 Å². The molecule has 1 saturated heterocycles. The van der Waals surface area contributed by atoms with E-state index in [1.807, 2.05) is 7.05 Å². The maximum absolute atomic E-state index is 10.8. The second-order valence-corrected chi connectivity index (χ2v) is 4.05. The number of rotatable bonds is 4. The van der Waals surface area contributed by atoms with Crippen LogP contribution >= 0.6 is 0 Å². The third kappa shape index (κ3) is 2.96. The smallest absolute Gasteiger partial charge is 0.320 e. The Balaban J connectivity index is 2.31. The first kappa shape index (κ1) is 11.5. The summed E-state index contributed by atoms with van der Waals surface area (Å²) in [6.07, 6.45) is 2.22. The lowest BCUT2D eigenvalue weighted by atomic mass is 9.96. The Labute approximate surface area is 85.3 Å². The Morgan fingerprint density at radius 1 is 1.57 bits per heavy atom. The van der Waals surface area contributed by atoms with Gasteiger partial charge in [0.05, 0.1) is 0 Å². The van der Waals surface area contributed by atoms with Crippen LogP contribution in [0.2, 0.25) is 0 Å². The minimum absolute atomic E-state index is 0.328. The van der Waals surface area contributed by atoms with Crippen LogP contribution in [0.25, 0.3) is 0 Å². The third-order valence-corrected chi connectivity index (χ3v) is 3.05. The molecule has 4 nitrogen and oxygen atoms in total. The van der Waals surface area contributed by atoms with E-state index in [0.29, 0.717) is 0 Å². The van der Waals surface area contributed by atoms with Crippen molar-refractivity contribution in [1.82, 2.24) is 10.2 Å². The summed E-state index contributed by atoms with van der Waals surface area (Å²) in [5.74, 6) is 0.00862. The van der Waals surface area contributed by atoms with Gasteiger partial charge in [0.2, 0.25) is 0 Å². The van der Waals surface area contributed by atoms with Crippen LogP contribution in [0.5, 0.6) is 0 Å². The molecule has 0 aromatic carbocycles. The zero-order valence-corrected chi connectivity index (χ0v) is 8.99. The first-order valence-corrected chi connectivity index (χ1v) is 5.26. The minimum atomic E-state index is -0.711. The molecule has 2 N–H and O–H groups in total. The number of aliphatic carboxylic acids is 1. The fourth-order valence-electron chi connectivity index (χ4n) is 1.99. The lowest BCUT2D eigenvalue weighted by Gasteiger charge is -2.34. The predicted octanol–water partition coefficient (Wildman–Crippen LogP) is 0.391. The number of nitrogens with one attached hydrogen (secondary N) is 1. The highest BCUT2D eigenvalue weighted by Crippen LogP contribution is 2.18. The highest BCUT2D eigenvalue weighted by Gasteiger charge is 2.25. The van der Waals surface area contributed by atoms with E-state index in [-0.39, 0.29) is 6.04 Å². The molecule has 0 aromatic rings. The summed E-state index contributed by atoms with van der Waals surface area (Å²) in [5.41, 5.74) is 0. The molecule has 1 unspecified atom stereocenters. The quantitative estimate of drug-likeness (QED) is 0.689. The van der Waals surface area contributed by atoms with Crippen LogP contribution in [0.3, 0.4) is 0 Å². The number of piperidine rings is 1. The number of carbonyl (C=O) groups is 1. The maximum Gasteiger partial charge on any atom is 0.320 e. The summed E-state index contributed by atoms with van der Waals surface area (Å²) < 4.78 is 0. The van der Waals surface area contributed by atoms with Crippen LogP contribution < -0.4 is 5.32 Å². The normalized spacial score (nSPS) is 22.1. The van der Waals surface area contributed by atoms with Crippen molar-refractivity contribution in [2.24, 2.45) is 5.92 Å². The molecule has 1 fully saturated rings. The number of hydrogen-bond acceptors (Lipinski definition) is 3. The van der Waals surface area contributed by atoms with Crippen LogP contribution in [-0.2, 0) is 4.79 Å². The molecule has 1 atom stereocenters.